The van der Waals surface area contributed by atoms with Gasteiger partial charge in [0.2, 0.25) is 5.91 Å². The maximum atomic E-state index is 12.7. The number of carbonyl (C=O) groups is 1. The van der Waals surface area contributed by atoms with E-state index in [1.807, 2.05) is 0 Å². The van der Waals surface area contributed by atoms with Gasteiger partial charge in [0.25, 0.3) is 0 Å². The van der Waals surface area contributed by atoms with Crippen LogP contribution in [0.3, 0.4) is 0 Å². The van der Waals surface area contributed by atoms with Gasteiger partial charge >= 0.3 is 0 Å². The van der Waals surface area contributed by atoms with Gasteiger partial charge in [0, 0.05) is 26.1 Å². The molecule has 4 nitrogen and oxygen atoms in total. The summed E-state index contributed by atoms with van der Waals surface area (Å²) in [6.07, 6.45) is 5.25. The molecular weight excluding hydrogens is 228 g/mol. The molecule has 0 aromatic carbocycles. The Morgan fingerprint density at radius 2 is 2.39 bits per heavy atom. The van der Waals surface area contributed by atoms with E-state index in [4.69, 9.17) is 4.74 Å². The molecule has 2 rings (SSSR count). The monoisotopic (exact) mass is 254 g/mol. The minimum atomic E-state index is -0.253. The number of rotatable bonds is 5. The summed E-state index contributed by atoms with van der Waals surface area (Å²) in [5, 5.41) is 3.47. The van der Waals surface area contributed by atoms with Gasteiger partial charge in [-0.3, -0.25) is 4.79 Å². The fourth-order valence-electron chi connectivity index (χ4n) is 3.43. The fourth-order valence-corrected chi connectivity index (χ4v) is 3.43. The molecule has 1 N–H and O–H groups in total. The first-order chi connectivity index (χ1) is 8.72. The number of amides is 1. The highest BCUT2D eigenvalue weighted by molar-refractivity contribution is 5.87. The number of methoxy groups -OCH3 is 1. The van der Waals surface area contributed by atoms with E-state index in [1.165, 1.54) is 0 Å². The first-order valence-electron chi connectivity index (χ1n) is 7.25. The summed E-state index contributed by atoms with van der Waals surface area (Å²) < 4.78 is 5.20. The molecule has 2 fully saturated rings. The van der Waals surface area contributed by atoms with Crippen molar-refractivity contribution in [3.05, 3.63) is 0 Å². The van der Waals surface area contributed by atoms with Gasteiger partial charge in [-0.2, -0.15) is 0 Å². The molecule has 0 aliphatic carbocycles. The highest BCUT2D eigenvalue weighted by atomic mass is 16.5. The Kier molecular flexibility index (Phi) is 4.62. The first-order valence-corrected chi connectivity index (χ1v) is 7.25. The second kappa shape index (κ2) is 6.02. The average Bonchev–Trinajstić information content (AvgIpc) is 2.99. The quantitative estimate of drug-likeness (QED) is 0.806. The number of hydrogen-bond acceptors (Lipinski definition) is 3. The number of carbonyl (C=O) groups excluding carboxylic acids is 1. The van der Waals surface area contributed by atoms with Gasteiger partial charge in [-0.15, -0.1) is 0 Å². The van der Waals surface area contributed by atoms with Crippen molar-refractivity contribution in [2.75, 3.05) is 33.4 Å². The van der Waals surface area contributed by atoms with Gasteiger partial charge in [0.05, 0.1) is 12.1 Å². The van der Waals surface area contributed by atoms with Gasteiger partial charge in [0.15, 0.2) is 0 Å². The zero-order valence-electron chi connectivity index (χ0n) is 11.7. The van der Waals surface area contributed by atoms with E-state index in [0.29, 0.717) is 11.8 Å². The molecule has 104 valence electrons. The highest BCUT2D eigenvalue weighted by Gasteiger charge is 2.43. The van der Waals surface area contributed by atoms with Crippen LogP contribution in [0.2, 0.25) is 0 Å². The van der Waals surface area contributed by atoms with Crippen LogP contribution in [-0.4, -0.2) is 49.7 Å². The second-order valence-electron chi connectivity index (χ2n) is 5.72. The molecule has 0 saturated carbocycles. The van der Waals surface area contributed by atoms with Crippen molar-refractivity contribution in [1.29, 1.82) is 0 Å². The molecular formula is C14H26N2O2. The minimum absolute atomic E-state index is 0.253. The van der Waals surface area contributed by atoms with E-state index < -0.39 is 0 Å². The Bertz CT molecular complexity index is 288. The molecule has 2 heterocycles. The number of nitrogens with zero attached hydrogens (tertiary/aromatic N) is 1. The molecule has 1 amide bonds. The molecule has 2 aliphatic heterocycles. The molecule has 2 atom stereocenters. The number of ether oxygens (including phenoxy) is 1. The van der Waals surface area contributed by atoms with Gasteiger partial charge in [0.1, 0.15) is 0 Å². The fraction of sp³-hybridized carbons (Fsp3) is 0.929. The molecule has 0 aromatic heterocycles. The maximum absolute atomic E-state index is 12.7. The number of hydrogen-bond donors (Lipinski definition) is 1. The Morgan fingerprint density at radius 3 is 3.00 bits per heavy atom. The van der Waals surface area contributed by atoms with Crippen LogP contribution in [0.15, 0.2) is 0 Å². The van der Waals surface area contributed by atoms with Gasteiger partial charge in [-0.05, 0) is 32.2 Å². The Morgan fingerprint density at radius 1 is 1.56 bits per heavy atom. The SMILES string of the molecule is CCCC1(C(=O)N2CCC(COC)C2)CCCN1. The topological polar surface area (TPSA) is 41.6 Å². The predicted octanol–water partition coefficient (Wildman–Crippen LogP) is 1.40. The lowest BCUT2D eigenvalue weighted by molar-refractivity contribution is -0.137. The van der Waals surface area contributed by atoms with Crippen molar-refractivity contribution in [1.82, 2.24) is 10.2 Å². The summed E-state index contributed by atoms with van der Waals surface area (Å²) in [5.74, 6) is 0.861. The normalized spacial score (nSPS) is 32.1. The highest BCUT2D eigenvalue weighted by Crippen LogP contribution is 2.29. The summed E-state index contributed by atoms with van der Waals surface area (Å²) in [4.78, 5) is 14.8. The molecule has 0 spiro atoms. The molecule has 0 aromatic rings. The lowest BCUT2D eigenvalue weighted by Crippen LogP contribution is -2.54. The second-order valence-corrected chi connectivity index (χ2v) is 5.72. The molecule has 2 unspecified atom stereocenters. The van der Waals surface area contributed by atoms with E-state index in [1.54, 1.807) is 7.11 Å². The minimum Gasteiger partial charge on any atom is -0.384 e. The van der Waals surface area contributed by atoms with E-state index in [0.717, 1.165) is 58.3 Å². The molecule has 2 saturated heterocycles. The molecule has 18 heavy (non-hydrogen) atoms. The van der Waals surface area contributed by atoms with Crippen LogP contribution in [0.5, 0.6) is 0 Å². The zero-order chi connectivity index (χ0) is 13.0. The zero-order valence-corrected chi connectivity index (χ0v) is 11.7. The lowest BCUT2D eigenvalue weighted by atomic mass is 9.90. The van der Waals surface area contributed by atoms with Crippen LogP contribution < -0.4 is 5.32 Å². The van der Waals surface area contributed by atoms with Crippen molar-refractivity contribution in [2.24, 2.45) is 5.92 Å². The summed E-state index contributed by atoms with van der Waals surface area (Å²) in [6.45, 7) is 5.70. The van der Waals surface area contributed by atoms with Crippen LogP contribution in [-0.2, 0) is 9.53 Å². The Hall–Kier alpha value is -0.610. The Balaban J connectivity index is 1.97. The smallest absolute Gasteiger partial charge is 0.242 e. The average molecular weight is 254 g/mol. The Labute approximate surface area is 110 Å². The van der Waals surface area contributed by atoms with E-state index in [9.17, 15) is 4.79 Å². The van der Waals surface area contributed by atoms with E-state index in [2.05, 4.69) is 17.1 Å². The van der Waals surface area contributed by atoms with Crippen molar-refractivity contribution < 1.29 is 9.53 Å². The third-order valence-electron chi connectivity index (χ3n) is 4.31. The molecule has 0 bridgehead atoms. The predicted molar refractivity (Wildman–Crippen MR) is 71.4 cm³/mol. The van der Waals surface area contributed by atoms with Crippen LogP contribution in [0.4, 0.5) is 0 Å². The molecule has 2 aliphatic rings. The van der Waals surface area contributed by atoms with Gasteiger partial charge in [-0.25, -0.2) is 0 Å². The third kappa shape index (κ3) is 2.69. The van der Waals surface area contributed by atoms with Gasteiger partial charge < -0.3 is 15.0 Å². The van der Waals surface area contributed by atoms with Crippen molar-refractivity contribution in [3.63, 3.8) is 0 Å². The van der Waals surface area contributed by atoms with Gasteiger partial charge in [-0.1, -0.05) is 13.3 Å². The molecule has 0 radical (unpaired) electrons. The van der Waals surface area contributed by atoms with E-state index >= 15 is 0 Å². The molecule has 4 heteroatoms. The standard InChI is InChI=1S/C14H26N2O2/c1-3-6-14(7-4-8-15-14)13(17)16-9-5-12(10-16)11-18-2/h12,15H,3-11H2,1-2H3. The lowest BCUT2D eigenvalue weighted by Gasteiger charge is -2.32. The summed E-state index contributed by atoms with van der Waals surface area (Å²) in [7, 11) is 1.74. The van der Waals surface area contributed by atoms with Crippen LogP contribution in [0.25, 0.3) is 0 Å². The van der Waals surface area contributed by atoms with Crippen molar-refractivity contribution in [2.45, 2.75) is 44.6 Å². The number of likely N-dealkylation sites (tertiary alicyclic amines) is 1. The summed E-state index contributed by atoms with van der Waals surface area (Å²) >= 11 is 0. The van der Waals surface area contributed by atoms with Crippen molar-refractivity contribution in [3.8, 4) is 0 Å². The third-order valence-corrected chi connectivity index (χ3v) is 4.31. The first kappa shape index (κ1) is 13.8. The number of nitrogens with one attached hydrogen (secondary N) is 1. The van der Waals surface area contributed by atoms with Crippen LogP contribution in [0, 0.1) is 5.92 Å². The van der Waals surface area contributed by atoms with Crippen molar-refractivity contribution >= 4 is 5.91 Å². The van der Waals surface area contributed by atoms with Crippen LogP contribution >= 0.6 is 0 Å². The summed E-state index contributed by atoms with van der Waals surface area (Å²) in [6, 6.07) is 0. The maximum Gasteiger partial charge on any atom is 0.242 e. The summed E-state index contributed by atoms with van der Waals surface area (Å²) in [5.41, 5.74) is -0.253. The van der Waals surface area contributed by atoms with Crippen LogP contribution in [0.1, 0.15) is 39.0 Å². The van der Waals surface area contributed by atoms with E-state index in [-0.39, 0.29) is 5.54 Å². The largest absolute Gasteiger partial charge is 0.384 e.